The van der Waals surface area contributed by atoms with Gasteiger partial charge in [0.2, 0.25) is 0 Å². The number of hydrogen-bond acceptors (Lipinski definition) is 2. The van der Waals surface area contributed by atoms with E-state index in [9.17, 15) is 0 Å². The van der Waals surface area contributed by atoms with Crippen molar-refractivity contribution in [2.45, 2.75) is 38.8 Å². The van der Waals surface area contributed by atoms with E-state index in [1.54, 1.807) is 0 Å². The Labute approximate surface area is 161 Å². The number of hydrogen-bond donors (Lipinski definition) is 1. The van der Waals surface area contributed by atoms with Crippen LogP contribution in [0.5, 0.6) is 0 Å². The van der Waals surface area contributed by atoms with Gasteiger partial charge in [-0.15, -0.1) is 0 Å². The number of imidazole rings is 1. The van der Waals surface area contributed by atoms with E-state index >= 15 is 0 Å². The van der Waals surface area contributed by atoms with Crippen LogP contribution >= 0.6 is 11.6 Å². The first-order chi connectivity index (χ1) is 12.5. The van der Waals surface area contributed by atoms with Crippen molar-refractivity contribution in [1.29, 1.82) is 0 Å². The molecule has 0 fully saturated rings. The largest absolute Gasteiger partial charge is 0.331 e. The van der Waals surface area contributed by atoms with Gasteiger partial charge in [-0.3, -0.25) is 0 Å². The fourth-order valence-corrected chi connectivity index (χ4v) is 3.23. The molecule has 0 amide bonds. The van der Waals surface area contributed by atoms with Gasteiger partial charge in [-0.2, -0.15) is 0 Å². The number of benzene rings is 2. The van der Waals surface area contributed by atoms with Crippen molar-refractivity contribution in [3.8, 4) is 0 Å². The van der Waals surface area contributed by atoms with E-state index in [2.05, 4.69) is 71.3 Å². The Kier molecular flexibility index (Phi) is 6.12. The van der Waals surface area contributed by atoms with Crippen molar-refractivity contribution in [2.24, 2.45) is 0 Å². The van der Waals surface area contributed by atoms with Gasteiger partial charge in [-0.25, -0.2) is 4.98 Å². The molecule has 0 aliphatic rings. The molecule has 0 saturated carbocycles. The molecule has 1 aromatic heterocycles. The van der Waals surface area contributed by atoms with Crippen LogP contribution in [0.15, 0.2) is 67.0 Å². The zero-order valence-corrected chi connectivity index (χ0v) is 16.2. The van der Waals surface area contributed by atoms with Gasteiger partial charge < -0.3 is 9.88 Å². The van der Waals surface area contributed by atoms with E-state index in [-0.39, 0.29) is 5.54 Å². The van der Waals surface area contributed by atoms with Gasteiger partial charge in [0.15, 0.2) is 0 Å². The summed E-state index contributed by atoms with van der Waals surface area (Å²) in [7, 11) is 0. The van der Waals surface area contributed by atoms with Crippen LogP contribution in [0.1, 0.15) is 37.2 Å². The standard InChI is InChI=1S/C22H26ClN3/c1-22(2,19-10-12-20(23)13-11-19)25-14-6-9-21-24-15-16-26(21)17-18-7-4-3-5-8-18/h3-5,7-8,10-13,15-16,25H,6,9,14,17H2,1-2H3. The van der Waals surface area contributed by atoms with E-state index < -0.39 is 0 Å². The molecule has 1 N–H and O–H groups in total. The van der Waals surface area contributed by atoms with E-state index in [4.69, 9.17) is 11.6 Å². The molecule has 0 bridgehead atoms. The molecule has 2 aromatic carbocycles. The summed E-state index contributed by atoms with van der Waals surface area (Å²) in [6.07, 6.45) is 5.96. The second-order valence-corrected chi connectivity index (χ2v) is 7.56. The number of nitrogens with zero attached hydrogens (tertiary/aromatic N) is 2. The summed E-state index contributed by atoms with van der Waals surface area (Å²) >= 11 is 5.99. The van der Waals surface area contributed by atoms with E-state index in [1.807, 2.05) is 24.4 Å². The smallest absolute Gasteiger partial charge is 0.108 e. The average Bonchev–Trinajstić information content (AvgIpc) is 3.07. The van der Waals surface area contributed by atoms with Gasteiger partial charge in [0, 0.05) is 35.9 Å². The maximum Gasteiger partial charge on any atom is 0.108 e. The van der Waals surface area contributed by atoms with Crippen molar-refractivity contribution in [3.63, 3.8) is 0 Å². The summed E-state index contributed by atoms with van der Waals surface area (Å²) in [6.45, 7) is 6.22. The molecule has 3 aromatic rings. The van der Waals surface area contributed by atoms with Crippen molar-refractivity contribution >= 4 is 11.6 Å². The van der Waals surface area contributed by atoms with Crippen LogP contribution in [0.25, 0.3) is 0 Å². The molecule has 136 valence electrons. The molecular formula is C22H26ClN3. The predicted octanol–water partition coefficient (Wildman–Crippen LogP) is 5.04. The molecule has 0 radical (unpaired) electrons. The third kappa shape index (κ3) is 4.96. The van der Waals surface area contributed by atoms with Gasteiger partial charge in [0.1, 0.15) is 5.82 Å². The second-order valence-electron chi connectivity index (χ2n) is 7.12. The van der Waals surface area contributed by atoms with Crippen LogP contribution in [0.4, 0.5) is 0 Å². The SMILES string of the molecule is CC(C)(NCCCc1nccn1Cc1ccccc1)c1ccc(Cl)cc1. The normalized spacial score (nSPS) is 11.7. The van der Waals surface area contributed by atoms with Crippen LogP contribution in [0, 0.1) is 0 Å². The number of halogens is 1. The molecule has 26 heavy (non-hydrogen) atoms. The monoisotopic (exact) mass is 367 g/mol. The Balaban J connectivity index is 1.51. The quantitative estimate of drug-likeness (QED) is 0.565. The van der Waals surface area contributed by atoms with Crippen LogP contribution in [-0.4, -0.2) is 16.1 Å². The molecule has 0 aliphatic carbocycles. The molecule has 4 heteroatoms. The Hall–Kier alpha value is -2.10. The predicted molar refractivity (Wildman–Crippen MR) is 109 cm³/mol. The van der Waals surface area contributed by atoms with Crippen LogP contribution in [0.3, 0.4) is 0 Å². The van der Waals surface area contributed by atoms with Crippen molar-refractivity contribution in [1.82, 2.24) is 14.9 Å². The lowest BCUT2D eigenvalue weighted by atomic mass is 9.94. The maximum absolute atomic E-state index is 5.99. The summed E-state index contributed by atoms with van der Waals surface area (Å²) in [4.78, 5) is 4.53. The Bertz CT molecular complexity index is 807. The minimum atomic E-state index is -0.0793. The number of aromatic nitrogens is 2. The summed E-state index contributed by atoms with van der Waals surface area (Å²) in [5, 5.41) is 4.42. The van der Waals surface area contributed by atoms with E-state index in [1.165, 1.54) is 11.1 Å². The molecule has 0 unspecified atom stereocenters. The summed E-state index contributed by atoms with van der Waals surface area (Å²) in [5.41, 5.74) is 2.46. The molecule has 0 atom stereocenters. The Morgan fingerprint density at radius 1 is 1.04 bits per heavy atom. The first-order valence-corrected chi connectivity index (χ1v) is 9.47. The lowest BCUT2D eigenvalue weighted by Crippen LogP contribution is -2.37. The molecular weight excluding hydrogens is 342 g/mol. The Morgan fingerprint density at radius 3 is 2.50 bits per heavy atom. The first kappa shape index (κ1) is 18.7. The van der Waals surface area contributed by atoms with E-state index in [0.717, 1.165) is 36.8 Å². The van der Waals surface area contributed by atoms with Crippen LogP contribution < -0.4 is 5.32 Å². The summed E-state index contributed by atoms with van der Waals surface area (Å²) in [5.74, 6) is 1.14. The fraction of sp³-hybridized carbons (Fsp3) is 0.318. The number of rotatable bonds is 8. The zero-order chi connectivity index (χ0) is 18.4. The fourth-order valence-electron chi connectivity index (χ4n) is 3.11. The Morgan fingerprint density at radius 2 is 1.77 bits per heavy atom. The van der Waals surface area contributed by atoms with Gasteiger partial charge in [0.05, 0.1) is 0 Å². The number of nitrogens with one attached hydrogen (secondary N) is 1. The van der Waals surface area contributed by atoms with Crippen LogP contribution in [-0.2, 0) is 18.5 Å². The van der Waals surface area contributed by atoms with Crippen molar-refractivity contribution in [3.05, 3.63) is 89.0 Å². The van der Waals surface area contributed by atoms with Gasteiger partial charge in [-0.05, 0) is 50.1 Å². The second kappa shape index (κ2) is 8.52. The first-order valence-electron chi connectivity index (χ1n) is 9.09. The highest BCUT2D eigenvalue weighted by Crippen LogP contribution is 2.22. The van der Waals surface area contributed by atoms with Crippen molar-refractivity contribution < 1.29 is 0 Å². The molecule has 3 rings (SSSR count). The lowest BCUT2D eigenvalue weighted by Gasteiger charge is -2.27. The molecule has 0 spiro atoms. The van der Waals surface area contributed by atoms with Crippen LogP contribution in [0.2, 0.25) is 5.02 Å². The highest BCUT2D eigenvalue weighted by molar-refractivity contribution is 6.30. The minimum Gasteiger partial charge on any atom is -0.331 e. The van der Waals surface area contributed by atoms with E-state index in [0.29, 0.717) is 0 Å². The third-order valence-corrected chi connectivity index (χ3v) is 4.96. The van der Waals surface area contributed by atoms with Gasteiger partial charge >= 0.3 is 0 Å². The van der Waals surface area contributed by atoms with Crippen molar-refractivity contribution in [2.75, 3.05) is 6.54 Å². The molecule has 0 saturated heterocycles. The molecule has 0 aliphatic heterocycles. The lowest BCUT2D eigenvalue weighted by molar-refractivity contribution is 0.399. The third-order valence-electron chi connectivity index (χ3n) is 4.71. The number of aryl methyl sites for hydroxylation is 1. The molecule has 3 nitrogen and oxygen atoms in total. The highest BCUT2D eigenvalue weighted by Gasteiger charge is 2.19. The average molecular weight is 368 g/mol. The van der Waals surface area contributed by atoms with Gasteiger partial charge in [0.25, 0.3) is 0 Å². The molecule has 1 heterocycles. The van der Waals surface area contributed by atoms with Gasteiger partial charge in [-0.1, -0.05) is 54.1 Å². The zero-order valence-electron chi connectivity index (χ0n) is 15.5. The minimum absolute atomic E-state index is 0.0793. The maximum atomic E-state index is 5.99. The highest BCUT2D eigenvalue weighted by atomic mass is 35.5. The summed E-state index contributed by atoms with van der Waals surface area (Å²) < 4.78 is 2.24. The topological polar surface area (TPSA) is 29.9 Å². The summed E-state index contributed by atoms with van der Waals surface area (Å²) in [6, 6.07) is 18.6.